The molecule has 0 aliphatic carbocycles. The summed E-state index contributed by atoms with van der Waals surface area (Å²) in [7, 11) is 0. The highest BCUT2D eigenvalue weighted by atomic mass is 32.1. The number of ketones is 1. The molecule has 152 valence electrons. The smallest absolute Gasteiger partial charge is 0.410 e. The van der Waals surface area contributed by atoms with Crippen molar-refractivity contribution in [2.24, 2.45) is 0 Å². The number of ether oxygens (including phenoxy) is 1. The van der Waals surface area contributed by atoms with Gasteiger partial charge < -0.3 is 9.64 Å². The number of likely N-dealkylation sites (tertiary alicyclic amines) is 2. The lowest BCUT2D eigenvalue weighted by atomic mass is 10.1. The lowest BCUT2D eigenvalue weighted by Crippen LogP contribution is -2.51. The summed E-state index contributed by atoms with van der Waals surface area (Å²) in [6.45, 7) is 1.24. The molecule has 0 radical (unpaired) electrons. The van der Waals surface area contributed by atoms with Gasteiger partial charge in [0.25, 0.3) is 0 Å². The van der Waals surface area contributed by atoms with E-state index in [4.69, 9.17) is 4.74 Å². The first-order valence-electron chi connectivity index (χ1n) is 10.0. The number of carbonyl (C=O) groups excluding carboxylic acids is 3. The van der Waals surface area contributed by atoms with Gasteiger partial charge in [-0.25, -0.2) is 4.79 Å². The first kappa shape index (κ1) is 19.6. The number of carbonyl (C=O) groups is 3. The van der Waals surface area contributed by atoms with Crippen molar-refractivity contribution in [3.63, 3.8) is 0 Å². The molecule has 2 amide bonds. The number of hydrogen-bond donors (Lipinski definition) is 0. The number of hydrogen-bond acceptors (Lipinski definition) is 5. The molecule has 0 unspecified atom stereocenters. The van der Waals surface area contributed by atoms with Crippen molar-refractivity contribution in [3.05, 3.63) is 58.3 Å². The second-order valence-electron chi connectivity index (χ2n) is 7.42. The number of Topliss-reactive ketones (excluding diaryl/α,β-unsaturated/α-hetero) is 1. The lowest BCUT2D eigenvalue weighted by molar-refractivity contribution is -0.135. The van der Waals surface area contributed by atoms with Gasteiger partial charge in [-0.15, -0.1) is 11.3 Å². The second kappa shape index (κ2) is 8.78. The summed E-state index contributed by atoms with van der Waals surface area (Å²) in [4.78, 5) is 42.6. The third-order valence-electron chi connectivity index (χ3n) is 5.58. The molecule has 0 N–H and O–H groups in total. The first-order chi connectivity index (χ1) is 14.1. The number of benzene rings is 1. The first-order valence-corrected chi connectivity index (χ1v) is 10.9. The molecule has 6 nitrogen and oxygen atoms in total. The Bertz CT molecular complexity index is 868. The van der Waals surface area contributed by atoms with Crippen molar-refractivity contribution in [1.82, 2.24) is 9.80 Å². The quantitative estimate of drug-likeness (QED) is 0.702. The molecular formula is C22H24N2O4S. The highest BCUT2D eigenvalue weighted by molar-refractivity contribution is 7.12. The van der Waals surface area contributed by atoms with E-state index in [0.717, 1.165) is 18.4 Å². The summed E-state index contributed by atoms with van der Waals surface area (Å²) in [5.41, 5.74) is 0.907. The minimum absolute atomic E-state index is 0.00190. The van der Waals surface area contributed by atoms with Crippen LogP contribution < -0.4 is 0 Å². The van der Waals surface area contributed by atoms with Crippen molar-refractivity contribution < 1.29 is 19.1 Å². The molecule has 0 bridgehead atoms. The summed E-state index contributed by atoms with van der Waals surface area (Å²) >= 11 is 1.40. The molecule has 29 heavy (non-hydrogen) atoms. The fraction of sp³-hybridized carbons (Fsp3) is 0.409. The Kier molecular flexibility index (Phi) is 5.94. The van der Waals surface area contributed by atoms with Crippen LogP contribution >= 0.6 is 11.3 Å². The fourth-order valence-electron chi connectivity index (χ4n) is 4.12. The summed E-state index contributed by atoms with van der Waals surface area (Å²) in [5.74, 6) is -0.131. The molecule has 7 heteroatoms. The Morgan fingerprint density at radius 1 is 0.931 bits per heavy atom. The van der Waals surface area contributed by atoms with Gasteiger partial charge in [0, 0.05) is 13.1 Å². The van der Waals surface area contributed by atoms with Crippen LogP contribution in [0.1, 0.15) is 40.9 Å². The van der Waals surface area contributed by atoms with Gasteiger partial charge in [0.2, 0.25) is 5.91 Å². The Morgan fingerprint density at radius 3 is 2.38 bits per heavy atom. The highest BCUT2D eigenvalue weighted by Crippen LogP contribution is 2.28. The molecule has 2 aliphatic rings. The number of amides is 2. The van der Waals surface area contributed by atoms with E-state index in [1.54, 1.807) is 11.0 Å². The van der Waals surface area contributed by atoms with E-state index >= 15 is 0 Å². The van der Waals surface area contributed by atoms with E-state index in [0.29, 0.717) is 30.8 Å². The standard InChI is InChI=1S/C22H24N2O4S/c25-20(19-11-6-14-29-19)17-9-4-12-23(17)21(26)18-10-5-13-24(18)22(27)28-15-16-7-2-1-3-8-16/h1-3,6-8,11,14,17-18H,4-5,9-10,12-13,15H2/t17-,18-/m0/s1. The summed E-state index contributed by atoms with van der Waals surface area (Å²) in [5, 5.41) is 1.87. The van der Waals surface area contributed by atoms with Gasteiger partial charge in [0.15, 0.2) is 5.78 Å². The second-order valence-corrected chi connectivity index (χ2v) is 8.37. The Balaban J connectivity index is 1.41. The van der Waals surface area contributed by atoms with Gasteiger partial charge in [-0.2, -0.15) is 0 Å². The highest BCUT2D eigenvalue weighted by Gasteiger charge is 2.42. The largest absolute Gasteiger partial charge is 0.445 e. The van der Waals surface area contributed by atoms with E-state index in [2.05, 4.69) is 0 Å². The average molecular weight is 413 g/mol. The van der Waals surface area contributed by atoms with Crippen LogP contribution in [0.4, 0.5) is 4.79 Å². The maximum atomic E-state index is 13.2. The van der Waals surface area contributed by atoms with Crippen molar-refractivity contribution >= 4 is 29.1 Å². The monoisotopic (exact) mass is 412 g/mol. The van der Waals surface area contributed by atoms with Crippen LogP contribution in [0.3, 0.4) is 0 Å². The van der Waals surface area contributed by atoms with Crippen LogP contribution in [0.25, 0.3) is 0 Å². The van der Waals surface area contributed by atoms with Crippen molar-refractivity contribution in [2.45, 2.75) is 44.4 Å². The van der Waals surface area contributed by atoms with Crippen LogP contribution in [0, 0.1) is 0 Å². The van der Waals surface area contributed by atoms with Crippen LogP contribution in [0.5, 0.6) is 0 Å². The van der Waals surface area contributed by atoms with Crippen LogP contribution in [0.15, 0.2) is 47.8 Å². The SMILES string of the molecule is O=C(c1cccs1)[C@@H]1CCCN1C(=O)[C@@H]1CCCN1C(=O)OCc1ccccc1. The Labute approximate surface area is 174 Å². The molecule has 1 aromatic carbocycles. The molecule has 3 heterocycles. The summed E-state index contributed by atoms with van der Waals surface area (Å²) in [6.07, 6.45) is 2.38. The van der Waals surface area contributed by atoms with Gasteiger partial charge in [0.05, 0.1) is 10.9 Å². The Hall–Kier alpha value is -2.67. The molecule has 1 aromatic heterocycles. The Morgan fingerprint density at radius 2 is 1.66 bits per heavy atom. The van der Waals surface area contributed by atoms with E-state index in [1.807, 2.05) is 41.8 Å². The number of rotatable bonds is 5. The maximum absolute atomic E-state index is 13.2. The van der Waals surface area contributed by atoms with Crippen molar-refractivity contribution in [1.29, 1.82) is 0 Å². The zero-order valence-electron chi connectivity index (χ0n) is 16.2. The van der Waals surface area contributed by atoms with Gasteiger partial charge >= 0.3 is 6.09 Å². The zero-order valence-corrected chi connectivity index (χ0v) is 17.0. The number of thiophene rings is 1. The fourth-order valence-corrected chi connectivity index (χ4v) is 4.83. The minimum atomic E-state index is -0.546. The van der Waals surface area contributed by atoms with Gasteiger partial charge in [0.1, 0.15) is 12.6 Å². The normalized spacial score (nSPS) is 21.4. The predicted octanol–water partition coefficient (Wildman–Crippen LogP) is 3.72. The maximum Gasteiger partial charge on any atom is 0.410 e. The molecule has 2 aliphatic heterocycles. The lowest BCUT2D eigenvalue weighted by Gasteiger charge is -2.30. The predicted molar refractivity (Wildman–Crippen MR) is 110 cm³/mol. The zero-order chi connectivity index (χ0) is 20.2. The van der Waals surface area contributed by atoms with E-state index in [9.17, 15) is 14.4 Å². The number of nitrogens with zero attached hydrogens (tertiary/aromatic N) is 2. The molecular weight excluding hydrogens is 388 g/mol. The summed E-state index contributed by atoms with van der Waals surface area (Å²) < 4.78 is 5.44. The molecule has 2 aromatic rings. The summed E-state index contributed by atoms with van der Waals surface area (Å²) in [6, 6.07) is 12.2. The van der Waals surface area contributed by atoms with Crippen LogP contribution in [0.2, 0.25) is 0 Å². The average Bonchev–Trinajstić information content (AvgIpc) is 3.52. The van der Waals surface area contributed by atoms with Gasteiger partial charge in [-0.1, -0.05) is 36.4 Å². The van der Waals surface area contributed by atoms with Gasteiger partial charge in [-0.3, -0.25) is 14.5 Å². The van der Waals surface area contributed by atoms with Crippen LogP contribution in [-0.4, -0.2) is 52.8 Å². The minimum Gasteiger partial charge on any atom is -0.445 e. The van der Waals surface area contributed by atoms with Crippen molar-refractivity contribution in [2.75, 3.05) is 13.1 Å². The molecule has 0 spiro atoms. The van der Waals surface area contributed by atoms with Crippen molar-refractivity contribution in [3.8, 4) is 0 Å². The third-order valence-corrected chi connectivity index (χ3v) is 6.46. The van der Waals surface area contributed by atoms with E-state index in [-0.39, 0.29) is 18.3 Å². The van der Waals surface area contributed by atoms with E-state index in [1.165, 1.54) is 16.2 Å². The molecule has 2 atom stereocenters. The molecule has 4 rings (SSSR count). The molecule has 0 saturated carbocycles. The topological polar surface area (TPSA) is 66.9 Å². The third kappa shape index (κ3) is 4.19. The van der Waals surface area contributed by atoms with E-state index < -0.39 is 18.2 Å². The van der Waals surface area contributed by atoms with Crippen LogP contribution in [-0.2, 0) is 16.1 Å². The molecule has 2 fully saturated rings. The van der Waals surface area contributed by atoms with Gasteiger partial charge in [-0.05, 0) is 42.7 Å². The molecule has 2 saturated heterocycles.